The smallest absolute Gasteiger partial charge is 0.0606 e. The second kappa shape index (κ2) is 8.08. The minimum Gasteiger partial charge on any atom is -0.395 e. The van der Waals surface area contributed by atoms with Gasteiger partial charge in [-0.15, -0.1) is 0 Å². The van der Waals surface area contributed by atoms with Gasteiger partial charge in [-0.1, -0.05) is 19.1 Å². The number of aliphatic hydroxyl groups excluding tert-OH is 2. The van der Waals surface area contributed by atoms with Crippen molar-refractivity contribution in [3.63, 3.8) is 0 Å². The molecule has 1 aromatic rings. The van der Waals surface area contributed by atoms with Crippen molar-refractivity contribution in [1.82, 2.24) is 0 Å². The summed E-state index contributed by atoms with van der Waals surface area (Å²) in [6.07, 6.45) is 1.86. The fourth-order valence-electron chi connectivity index (χ4n) is 1.90. The lowest BCUT2D eigenvalue weighted by molar-refractivity contribution is 0.281. The standard InChI is InChI=1S/C14H24N2O2/c1-2-13(15)11-12-3-5-14(6-4-12)16(7-9-17)8-10-18/h3-6,13,17-18H,2,7-11,15H2,1H3. The van der Waals surface area contributed by atoms with E-state index in [9.17, 15) is 0 Å². The predicted molar refractivity (Wildman–Crippen MR) is 74.8 cm³/mol. The van der Waals surface area contributed by atoms with Crippen LogP contribution in [-0.4, -0.2) is 42.6 Å². The van der Waals surface area contributed by atoms with E-state index in [0.717, 1.165) is 18.5 Å². The van der Waals surface area contributed by atoms with Crippen molar-refractivity contribution < 1.29 is 10.2 Å². The molecule has 0 spiro atoms. The third-order valence-electron chi connectivity index (χ3n) is 3.06. The van der Waals surface area contributed by atoms with E-state index in [2.05, 4.69) is 19.1 Å². The average Bonchev–Trinajstić information content (AvgIpc) is 2.39. The molecule has 0 aromatic heterocycles. The Kier molecular flexibility index (Phi) is 6.72. The van der Waals surface area contributed by atoms with Crippen LogP contribution in [0, 0.1) is 0 Å². The van der Waals surface area contributed by atoms with Crippen molar-refractivity contribution in [3.05, 3.63) is 29.8 Å². The monoisotopic (exact) mass is 252 g/mol. The Bertz CT molecular complexity index is 321. The molecule has 0 heterocycles. The summed E-state index contributed by atoms with van der Waals surface area (Å²) in [5.41, 5.74) is 8.17. The fraction of sp³-hybridized carbons (Fsp3) is 0.571. The Labute approximate surface area is 109 Å². The van der Waals surface area contributed by atoms with Gasteiger partial charge < -0.3 is 20.8 Å². The average molecular weight is 252 g/mol. The molecule has 0 aliphatic carbocycles. The molecule has 0 fully saturated rings. The normalized spacial score (nSPS) is 12.4. The lowest BCUT2D eigenvalue weighted by atomic mass is 10.0. The Morgan fingerprint density at radius 2 is 1.67 bits per heavy atom. The first kappa shape index (κ1) is 15.0. The maximum absolute atomic E-state index is 8.99. The molecule has 4 nitrogen and oxygen atoms in total. The molecule has 0 aliphatic heterocycles. The Balaban J connectivity index is 2.67. The van der Waals surface area contributed by atoms with Gasteiger partial charge >= 0.3 is 0 Å². The molecule has 4 heteroatoms. The summed E-state index contributed by atoms with van der Waals surface area (Å²) >= 11 is 0. The number of hydrogen-bond acceptors (Lipinski definition) is 4. The first-order valence-corrected chi connectivity index (χ1v) is 6.52. The largest absolute Gasteiger partial charge is 0.395 e. The van der Waals surface area contributed by atoms with Gasteiger partial charge in [0, 0.05) is 24.8 Å². The SMILES string of the molecule is CCC(N)Cc1ccc(N(CCO)CCO)cc1. The van der Waals surface area contributed by atoms with Crippen molar-refractivity contribution in [2.75, 3.05) is 31.2 Å². The molecule has 0 bridgehead atoms. The summed E-state index contributed by atoms with van der Waals surface area (Å²) in [5, 5.41) is 18.0. The van der Waals surface area contributed by atoms with Gasteiger partial charge in [0.05, 0.1) is 13.2 Å². The minimum absolute atomic E-state index is 0.0858. The van der Waals surface area contributed by atoms with Gasteiger partial charge in [0.2, 0.25) is 0 Å². The van der Waals surface area contributed by atoms with Crippen LogP contribution in [0.3, 0.4) is 0 Å². The van der Waals surface area contributed by atoms with Crippen LogP contribution < -0.4 is 10.6 Å². The van der Waals surface area contributed by atoms with Crippen molar-refractivity contribution in [3.8, 4) is 0 Å². The molecule has 18 heavy (non-hydrogen) atoms. The topological polar surface area (TPSA) is 69.7 Å². The number of benzene rings is 1. The number of rotatable bonds is 8. The lowest BCUT2D eigenvalue weighted by Crippen LogP contribution is -2.29. The Morgan fingerprint density at radius 1 is 1.11 bits per heavy atom. The maximum atomic E-state index is 8.99. The maximum Gasteiger partial charge on any atom is 0.0606 e. The summed E-state index contributed by atoms with van der Waals surface area (Å²) < 4.78 is 0. The quantitative estimate of drug-likeness (QED) is 0.639. The first-order chi connectivity index (χ1) is 8.71. The molecule has 0 amide bonds. The van der Waals surface area contributed by atoms with E-state index >= 15 is 0 Å². The van der Waals surface area contributed by atoms with Gasteiger partial charge in [-0.25, -0.2) is 0 Å². The van der Waals surface area contributed by atoms with Gasteiger partial charge in [0.1, 0.15) is 0 Å². The zero-order valence-corrected chi connectivity index (χ0v) is 11.0. The van der Waals surface area contributed by atoms with Gasteiger partial charge in [-0.05, 0) is 30.5 Å². The molecule has 0 aliphatic rings. The Morgan fingerprint density at radius 3 is 2.11 bits per heavy atom. The molecule has 1 rings (SSSR count). The molecule has 4 N–H and O–H groups in total. The molecule has 1 aromatic carbocycles. The Hall–Kier alpha value is -1.10. The van der Waals surface area contributed by atoms with Crippen LogP contribution in [0.1, 0.15) is 18.9 Å². The van der Waals surface area contributed by atoms with E-state index < -0.39 is 0 Å². The number of aliphatic hydroxyl groups is 2. The third-order valence-corrected chi connectivity index (χ3v) is 3.06. The lowest BCUT2D eigenvalue weighted by Gasteiger charge is -2.23. The van der Waals surface area contributed by atoms with Crippen molar-refractivity contribution in [2.24, 2.45) is 5.73 Å². The molecular formula is C14H24N2O2. The number of anilines is 1. The van der Waals surface area contributed by atoms with Crippen LogP contribution >= 0.6 is 0 Å². The first-order valence-electron chi connectivity index (χ1n) is 6.52. The summed E-state index contributed by atoms with van der Waals surface area (Å²) in [6.45, 7) is 3.33. The molecule has 0 radical (unpaired) electrons. The second-order valence-electron chi connectivity index (χ2n) is 4.47. The van der Waals surface area contributed by atoms with Crippen molar-refractivity contribution >= 4 is 5.69 Å². The highest BCUT2D eigenvalue weighted by molar-refractivity contribution is 5.47. The van der Waals surface area contributed by atoms with E-state index in [1.54, 1.807) is 0 Å². The molecule has 102 valence electrons. The minimum atomic E-state index is 0.0858. The van der Waals surface area contributed by atoms with Crippen LogP contribution in [0.15, 0.2) is 24.3 Å². The van der Waals surface area contributed by atoms with Gasteiger partial charge in [-0.3, -0.25) is 0 Å². The van der Waals surface area contributed by atoms with Gasteiger partial charge in [0.25, 0.3) is 0 Å². The van der Waals surface area contributed by atoms with E-state index in [1.165, 1.54) is 5.56 Å². The molecule has 1 atom stereocenters. The number of nitrogens with zero attached hydrogens (tertiary/aromatic N) is 1. The molecule has 0 saturated carbocycles. The predicted octanol–water partition coefficient (Wildman–Crippen LogP) is 0.757. The van der Waals surface area contributed by atoms with E-state index in [-0.39, 0.29) is 19.3 Å². The van der Waals surface area contributed by atoms with Crippen LogP contribution in [0.4, 0.5) is 5.69 Å². The fourth-order valence-corrected chi connectivity index (χ4v) is 1.90. The van der Waals surface area contributed by atoms with Crippen LogP contribution in [0.2, 0.25) is 0 Å². The highest BCUT2D eigenvalue weighted by atomic mass is 16.3. The number of hydrogen-bond donors (Lipinski definition) is 3. The number of nitrogens with two attached hydrogens (primary N) is 1. The van der Waals surface area contributed by atoms with Crippen molar-refractivity contribution in [1.29, 1.82) is 0 Å². The third kappa shape index (κ3) is 4.64. The molecular weight excluding hydrogens is 228 g/mol. The van der Waals surface area contributed by atoms with E-state index in [4.69, 9.17) is 15.9 Å². The highest BCUT2D eigenvalue weighted by Gasteiger charge is 2.06. The van der Waals surface area contributed by atoms with Crippen LogP contribution in [0.5, 0.6) is 0 Å². The summed E-state index contributed by atoms with van der Waals surface area (Å²) in [4.78, 5) is 1.96. The van der Waals surface area contributed by atoms with E-state index in [1.807, 2.05) is 17.0 Å². The van der Waals surface area contributed by atoms with Crippen LogP contribution in [-0.2, 0) is 6.42 Å². The van der Waals surface area contributed by atoms with E-state index in [0.29, 0.717) is 13.1 Å². The molecule has 1 unspecified atom stereocenters. The molecule has 0 saturated heterocycles. The summed E-state index contributed by atoms with van der Waals surface area (Å²) in [5.74, 6) is 0. The van der Waals surface area contributed by atoms with Crippen LogP contribution in [0.25, 0.3) is 0 Å². The van der Waals surface area contributed by atoms with Crippen molar-refractivity contribution in [2.45, 2.75) is 25.8 Å². The zero-order chi connectivity index (χ0) is 13.4. The zero-order valence-electron chi connectivity index (χ0n) is 11.0. The van der Waals surface area contributed by atoms with Gasteiger partial charge in [0.15, 0.2) is 0 Å². The second-order valence-corrected chi connectivity index (χ2v) is 4.47. The highest BCUT2D eigenvalue weighted by Crippen LogP contribution is 2.16. The van der Waals surface area contributed by atoms with Gasteiger partial charge in [-0.2, -0.15) is 0 Å². The summed E-state index contributed by atoms with van der Waals surface area (Å²) in [7, 11) is 0. The summed E-state index contributed by atoms with van der Waals surface area (Å²) in [6, 6.07) is 8.37.